The minimum absolute atomic E-state index is 0.0862. The van der Waals surface area contributed by atoms with Crippen LogP contribution in [-0.4, -0.2) is 50.5 Å². The molecular weight excluding hydrogens is 410 g/mol. The van der Waals surface area contributed by atoms with E-state index in [4.69, 9.17) is 11.6 Å². The van der Waals surface area contributed by atoms with Gasteiger partial charge in [0.05, 0.1) is 16.1 Å². The largest absolute Gasteiger partial charge is 0.350 e. The number of rotatable bonds is 5. The average Bonchev–Trinajstić information content (AvgIpc) is 3.48. The van der Waals surface area contributed by atoms with Crippen molar-refractivity contribution in [3.8, 4) is 5.95 Å². The van der Waals surface area contributed by atoms with Gasteiger partial charge in [0, 0.05) is 36.1 Å². The first-order valence-corrected chi connectivity index (χ1v) is 11.7. The fourth-order valence-electron chi connectivity index (χ4n) is 5.34. The number of nitrogens with one attached hydrogen (secondary N) is 1. The fraction of sp³-hybridized carbons (Fsp3) is 0.458. The van der Waals surface area contributed by atoms with Gasteiger partial charge in [-0.3, -0.25) is 14.3 Å². The van der Waals surface area contributed by atoms with Crippen LogP contribution in [0.5, 0.6) is 0 Å². The summed E-state index contributed by atoms with van der Waals surface area (Å²) in [6.45, 7) is 2.98. The zero-order valence-corrected chi connectivity index (χ0v) is 18.4. The molecule has 162 valence electrons. The van der Waals surface area contributed by atoms with Crippen LogP contribution < -0.4 is 5.32 Å². The van der Waals surface area contributed by atoms with E-state index in [9.17, 15) is 4.79 Å². The van der Waals surface area contributed by atoms with E-state index in [2.05, 4.69) is 20.2 Å². The van der Waals surface area contributed by atoms with Gasteiger partial charge in [0.1, 0.15) is 0 Å². The third-order valence-corrected chi connectivity index (χ3v) is 7.25. The minimum Gasteiger partial charge on any atom is -0.350 e. The highest BCUT2D eigenvalue weighted by Crippen LogP contribution is 2.36. The maximum absolute atomic E-state index is 13.4. The number of hydrogen-bond acceptors (Lipinski definition) is 4. The number of likely N-dealkylation sites (tertiary alicyclic amines) is 1. The maximum Gasteiger partial charge on any atom is 0.253 e. The van der Waals surface area contributed by atoms with Crippen LogP contribution in [0, 0.1) is 0 Å². The summed E-state index contributed by atoms with van der Waals surface area (Å²) in [5.41, 5.74) is 1.49. The van der Waals surface area contributed by atoms with E-state index in [0.29, 0.717) is 23.1 Å². The van der Waals surface area contributed by atoms with E-state index < -0.39 is 0 Å². The first-order valence-electron chi connectivity index (χ1n) is 11.3. The monoisotopic (exact) mass is 437 g/mol. The van der Waals surface area contributed by atoms with Gasteiger partial charge in [0.15, 0.2) is 0 Å². The van der Waals surface area contributed by atoms with Crippen molar-refractivity contribution in [1.29, 1.82) is 0 Å². The normalized spacial score (nSPS) is 19.0. The Bertz CT molecular complexity index is 1070. The molecule has 3 aromatic rings. The highest BCUT2D eigenvalue weighted by Gasteiger charge is 2.39. The first-order chi connectivity index (χ1) is 15.2. The highest BCUT2D eigenvalue weighted by atomic mass is 35.5. The smallest absolute Gasteiger partial charge is 0.253 e. The van der Waals surface area contributed by atoms with Crippen LogP contribution in [0.3, 0.4) is 0 Å². The molecule has 31 heavy (non-hydrogen) atoms. The van der Waals surface area contributed by atoms with Gasteiger partial charge in [0.2, 0.25) is 5.95 Å². The summed E-state index contributed by atoms with van der Waals surface area (Å²) >= 11 is 6.54. The number of amides is 1. The predicted molar refractivity (Wildman–Crippen MR) is 123 cm³/mol. The number of aromatic nitrogens is 3. The number of nitrogens with zero attached hydrogens (tertiary/aromatic N) is 4. The molecule has 0 spiro atoms. The average molecular weight is 438 g/mol. The Balaban J connectivity index is 1.46. The number of hydrogen-bond donors (Lipinski definition) is 1. The minimum atomic E-state index is -0.0862. The molecule has 3 heterocycles. The van der Waals surface area contributed by atoms with Crippen LogP contribution >= 0.6 is 11.6 Å². The summed E-state index contributed by atoms with van der Waals surface area (Å²) in [5, 5.41) is 4.58. The molecule has 2 aliphatic rings. The lowest BCUT2D eigenvalue weighted by Gasteiger charge is -2.45. The molecule has 1 aliphatic carbocycles. The fourth-order valence-corrected chi connectivity index (χ4v) is 5.61. The molecule has 0 radical (unpaired) electrons. The van der Waals surface area contributed by atoms with Crippen molar-refractivity contribution < 1.29 is 4.79 Å². The van der Waals surface area contributed by atoms with Crippen molar-refractivity contribution in [1.82, 2.24) is 24.8 Å². The Morgan fingerprint density at radius 3 is 2.52 bits per heavy atom. The van der Waals surface area contributed by atoms with Crippen molar-refractivity contribution in [2.24, 2.45) is 0 Å². The van der Waals surface area contributed by atoms with Gasteiger partial charge in [-0.05, 0) is 57.0 Å². The van der Waals surface area contributed by atoms with Crippen LogP contribution in [0.2, 0.25) is 5.02 Å². The SMILES string of the molecule is O=C(NCC1(N2CCCC2)CCCCC1)c1cn(-c2ncccn2)c2cccc(Cl)c12. The maximum atomic E-state index is 13.4. The second-order valence-corrected chi connectivity index (χ2v) is 9.16. The molecule has 2 aromatic heterocycles. The first kappa shape index (κ1) is 20.5. The summed E-state index contributed by atoms with van der Waals surface area (Å²) in [6, 6.07) is 7.43. The van der Waals surface area contributed by atoms with Gasteiger partial charge in [-0.15, -0.1) is 0 Å². The third kappa shape index (κ3) is 3.83. The Labute approximate surface area is 187 Å². The van der Waals surface area contributed by atoms with E-state index >= 15 is 0 Å². The third-order valence-electron chi connectivity index (χ3n) is 6.93. The van der Waals surface area contributed by atoms with Gasteiger partial charge in [-0.1, -0.05) is 36.9 Å². The molecule has 1 aliphatic heterocycles. The molecule has 0 unspecified atom stereocenters. The molecule has 0 bridgehead atoms. The van der Waals surface area contributed by atoms with Crippen LogP contribution in [-0.2, 0) is 0 Å². The Hall–Kier alpha value is -2.44. The summed E-state index contributed by atoms with van der Waals surface area (Å²) in [5.74, 6) is 0.437. The summed E-state index contributed by atoms with van der Waals surface area (Å²) in [4.78, 5) is 24.7. The van der Waals surface area contributed by atoms with Crippen LogP contribution in [0.1, 0.15) is 55.3 Å². The quantitative estimate of drug-likeness (QED) is 0.633. The molecule has 0 atom stereocenters. The van der Waals surface area contributed by atoms with Gasteiger partial charge in [-0.25, -0.2) is 9.97 Å². The molecule has 1 saturated heterocycles. The molecular formula is C24H28ClN5O. The lowest BCUT2D eigenvalue weighted by molar-refractivity contribution is 0.0653. The van der Waals surface area contributed by atoms with Crippen LogP contribution in [0.4, 0.5) is 0 Å². The molecule has 1 amide bonds. The van der Waals surface area contributed by atoms with Gasteiger partial charge >= 0.3 is 0 Å². The number of fused-ring (bicyclic) bond motifs is 1. The topological polar surface area (TPSA) is 63.1 Å². The number of benzene rings is 1. The Morgan fingerprint density at radius 2 is 1.77 bits per heavy atom. The van der Waals surface area contributed by atoms with E-state index in [1.807, 2.05) is 29.0 Å². The summed E-state index contributed by atoms with van der Waals surface area (Å²) < 4.78 is 1.84. The second-order valence-electron chi connectivity index (χ2n) is 8.76. The highest BCUT2D eigenvalue weighted by molar-refractivity contribution is 6.37. The van der Waals surface area contributed by atoms with Gasteiger partial charge in [-0.2, -0.15) is 0 Å². The molecule has 6 nitrogen and oxygen atoms in total. The van der Waals surface area contributed by atoms with E-state index in [-0.39, 0.29) is 11.4 Å². The van der Waals surface area contributed by atoms with Crippen molar-refractivity contribution in [2.75, 3.05) is 19.6 Å². The number of halogens is 1. The van der Waals surface area contributed by atoms with E-state index in [0.717, 1.165) is 36.8 Å². The molecule has 1 N–H and O–H groups in total. The zero-order valence-electron chi connectivity index (χ0n) is 17.7. The molecule has 1 saturated carbocycles. The van der Waals surface area contributed by atoms with Crippen molar-refractivity contribution in [2.45, 2.75) is 50.5 Å². The van der Waals surface area contributed by atoms with Crippen LogP contribution in [0.25, 0.3) is 16.9 Å². The van der Waals surface area contributed by atoms with Crippen molar-refractivity contribution >= 4 is 28.4 Å². The predicted octanol–water partition coefficient (Wildman–Crippen LogP) is 4.60. The summed E-state index contributed by atoms with van der Waals surface area (Å²) in [7, 11) is 0. The lowest BCUT2D eigenvalue weighted by Crippen LogP contribution is -2.55. The van der Waals surface area contributed by atoms with E-state index in [1.165, 1.54) is 32.1 Å². The number of carbonyl (C=O) groups excluding carboxylic acids is 1. The molecule has 2 fully saturated rings. The zero-order chi connectivity index (χ0) is 21.3. The Kier molecular flexibility index (Phi) is 5.67. The Morgan fingerprint density at radius 1 is 1.03 bits per heavy atom. The molecule has 7 heteroatoms. The van der Waals surface area contributed by atoms with Crippen molar-refractivity contribution in [3.05, 3.63) is 53.4 Å². The van der Waals surface area contributed by atoms with Crippen molar-refractivity contribution in [3.63, 3.8) is 0 Å². The molecule has 1 aromatic carbocycles. The van der Waals surface area contributed by atoms with Crippen LogP contribution in [0.15, 0.2) is 42.9 Å². The number of carbonyl (C=O) groups is 1. The van der Waals surface area contributed by atoms with Gasteiger partial charge in [0.25, 0.3) is 5.91 Å². The summed E-state index contributed by atoms with van der Waals surface area (Å²) in [6.07, 6.45) is 13.8. The lowest BCUT2D eigenvalue weighted by atomic mass is 9.80. The van der Waals surface area contributed by atoms with E-state index in [1.54, 1.807) is 18.5 Å². The molecule has 5 rings (SSSR count). The second kappa shape index (κ2) is 8.60. The van der Waals surface area contributed by atoms with Gasteiger partial charge < -0.3 is 5.32 Å². The standard InChI is InChI=1S/C24H28ClN5O/c25-19-8-6-9-20-21(19)18(16-30(20)23-26-12-7-13-27-23)22(31)28-17-24(10-2-1-3-11-24)29-14-4-5-15-29/h6-9,12-13,16H,1-5,10-11,14-15,17H2,(H,28,31).